The third-order valence-corrected chi connectivity index (χ3v) is 3.93. The smallest absolute Gasteiger partial charge is 0.0274 e. The van der Waals surface area contributed by atoms with Crippen LogP contribution in [0.5, 0.6) is 0 Å². The zero-order valence-corrected chi connectivity index (χ0v) is 15.0. The first kappa shape index (κ1) is 21.0. The number of hydrogen-bond acceptors (Lipinski definition) is 0. The molecule has 0 unspecified atom stereocenters. The van der Waals surface area contributed by atoms with Crippen molar-refractivity contribution >= 4 is 0 Å². The summed E-state index contributed by atoms with van der Waals surface area (Å²) < 4.78 is 0. The zero-order valence-electron chi connectivity index (χ0n) is 15.0. The Bertz CT molecular complexity index is 292. The minimum Gasteiger partial charge on any atom is -0.130 e. The summed E-state index contributed by atoms with van der Waals surface area (Å²) in [5, 5.41) is 0. The van der Waals surface area contributed by atoms with Gasteiger partial charge < -0.3 is 0 Å². The van der Waals surface area contributed by atoms with E-state index in [9.17, 15) is 0 Å². The van der Waals surface area contributed by atoms with Gasteiger partial charge in [-0.05, 0) is 50.7 Å². The molecule has 0 saturated heterocycles. The second kappa shape index (κ2) is 20.0. The Kier molecular flexibility index (Phi) is 19.1. The SMILES string of the molecule is C1=CCCCCCC=1.C=CC=CCCCCCCCCCC. The van der Waals surface area contributed by atoms with E-state index in [-0.39, 0.29) is 0 Å². The second-order valence-electron chi connectivity index (χ2n) is 6.14. The van der Waals surface area contributed by atoms with Gasteiger partial charge in [0.05, 0.1) is 0 Å². The predicted octanol–water partition coefficient (Wildman–Crippen LogP) is 7.92. The molecule has 22 heavy (non-hydrogen) atoms. The van der Waals surface area contributed by atoms with Gasteiger partial charge in [0.25, 0.3) is 0 Å². The topological polar surface area (TPSA) is 0 Å². The third kappa shape index (κ3) is 19.0. The van der Waals surface area contributed by atoms with Gasteiger partial charge in [-0.25, -0.2) is 0 Å². The summed E-state index contributed by atoms with van der Waals surface area (Å²) in [6.07, 6.45) is 29.4. The second-order valence-corrected chi connectivity index (χ2v) is 6.14. The van der Waals surface area contributed by atoms with E-state index in [0.29, 0.717) is 0 Å². The van der Waals surface area contributed by atoms with Crippen LogP contribution < -0.4 is 0 Å². The van der Waals surface area contributed by atoms with Crippen molar-refractivity contribution in [3.63, 3.8) is 0 Å². The van der Waals surface area contributed by atoms with Crippen molar-refractivity contribution in [2.45, 2.75) is 96.8 Å². The van der Waals surface area contributed by atoms with Crippen molar-refractivity contribution < 1.29 is 0 Å². The summed E-state index contributed by atoms with van der Waals surface area (Å²) in [5.74, 6) is 0. The monoisotopic (exact) mass is 302 g/mol. The summed E-state index contributed by atoms with van der Waals surface area (Å²) in [6.45, 7) is 5.92. The fourth-order valence-corrected chi connectivity index (χ4v) is 2.51. The average molecular weight is 303 g/mol. The minimum atomic E-state index is 1.22. The molecule has 0 aromatic carbocycles. The number of allylic oxidation sites excluding steroid dienone is 4. The van der Waals surface area contributed by atoms with Crippen LogP contribution in [0, 0.1) is 0 Å². The van der Waals surface area contributed by atoms with Crippen LogP contribution in [-0.2, 0) is 0 Å². The Morgan fingerprint density at radius 2 is 1.45 bits per heavy atom. The molecule has 0 aromatic rings. The lowest BCUT2D eigenvalue weighted by Crippen LogP contribution is -1.79. The van der Waals surface area contributed by atoms with Crippen LogP contribution in [0.4, 0.5) is 0 Å². The molecule has 0 bridgehead atoms. The molecule has 0 radical (unpaired) electrons. The van der Waals surface area contributed by atoms with Crippen LogP contribution >= 0.6 is 0 Å². The lowest BCUT2D eigenvalue weighted by atomic mass is 10.1. The van der Waals surface area contributed by atoms with Crippen molar-refractivity contribution in [1.29, 1.82) is 0 Å². The van der Waals surface area contributed by atoms with E-state index in [1.54, 1.807) is 0 Å². The van der Waals surface area contributed by atoms with E-state index in [0.717, 1.165) is 0 Å². The van der Waals surface area contributed by atoms with Crippen LogP contribution in [0.25, 0.3) is 0 Å². The Balaban J connectivity index is 0.000000461. The first-order chi connectivity index (χ1) is 10.9. The summed E-state index contributed by atoms with van der Waals surface area (Å²) in [4.78, 5) is 0. The van der Waals surface area contributed by atoms with Crippen LogP contribution in [0.15, 0.2) is 42.7 Å². The predicted molar refractivity (Wildman–Crippen MR) is 102 cm³/mol. The van der Waals surface area contributed by atoms with E-state index in [1.807, 2.05) is 12.2 Å². The number of unbranched alkanes of at least 4 members (excludes halogenated alkanes) is 8. The van der Waals surface area contributed by atoms with Crippen molar-refractivity contribution in [2.75, 3.05) is 0 Å². The Hall–Kier alpha value is -1.00. The van der Waals surface area contributed by atoms with Gasteiger partial charge in [-0.3, -0.25) is 0 Å². The van der Waals surface area contributed by atoms with E-state index < -0.39 is 0 Å². The van der Waals surface area contributed by atoms with Gasteiger partial charge in [0, 0.05) is 0 Å². The molecule has 126 valence electrons. The summed E-state index contributed by atoms with van der Waals surface area (Å²) in [7, 11) is 0. The molecular formula is C22H38. The molecule has 0 aromatic heterocycles. The number of hydrogen-bond donors (Lipinski definition) is 0. The summed E-state index contributed by atoms with van der Waals surface area (Å²) in [5.41, 5.74) is 3.14. The quantitative estimate of drug-likeness (QED) is 0.218. The highest BCUT2D eigenvalue weighted by atomic mass is 14.0. The molecule has 0 aliphatic heterocycles. The lowest BCUT2D eigenvalue weighted by molar-refractivity contribution is 0.577. The van der Waals surface area contributed by atoms with E-state index in [1.165, 1.54) is 89.9 Å². The van der Waals surface area contributed by atoms with Crippen molar-refractivity contribution in [1.82, 2.24) is 0 Å². The molecule has 1 rings (SSSR count). The molecule has 1 aliphatic carbocycles. The highest BCUT2D eigenvalue weighted by molar-refractivity contribution is 4.96. The normalized spacial score (nSPS) is 14.2. The maximum atomic E-state index is 3.65. The van der Waals surface area contributed by atoms with Crippen molar-refractivity contribution in [3.8, 4) is 0 Å². The van der Waals surface area contributed by atoms with Crippen molar-refractivity contribution in [3.05, 3.63) is 42.7 Å². The molecule has 0 amide bonds. The molecule has 0 heterocycles. The van der Waals surface area contributed by atoms with E-state index in [4.69, 9.17) is 0 Å². The maximum Gasteiger partial charge on any atom is -0.0274 e. The van der Waals surface area contributed by atoms with E-state index in [2.05, 4.69) is 37.5 Å². The lowest BCUT2D eigenvalue weighted by Gasteiger charge is -1.99. The molecule has 0 nitrogen and oxygen atoms in total. The van der Waals surface area contributed by atoms with Gasteiger partial charge in [0.1, 0.15) is 0 Å². The third-order valence-electron chi connectivity index (χ3n) is 3.93. The van der Waals surface area contributed by atoms with Crippen LogP contribution in [0.3, 0.4) is 0 Å². The standard InChI is InChI=1S/C14H26.C8H12/c1-3-5-7-9-11-13-14-12-10-8-6-4-2;1-2-4-6-8-7-5-3-1/h3,5,7H,1,4,6,8-14H2,2H3;1,5H,2,4,6-8H2. The van der Waals surface area contributed by atoms with Gasteiger partial charge >= 0.3 is 0 Å². The van der Waals surface area contributed by atoms with Gasteiger partial charge in [-0.1, -0.05) is 83.1 Å². The molecule has 1 aliphatic rings. The van der Waals surface area contributed by atoms with Crippen LogP contribution in [-0.4, -0.2) is 0 Å². The Labute approximate surface area is 140 Å². The molecule has 0 fully saturated rings. The first-order valence-electron chi connectivity index (χ1n) is 9.58. The number of rotatable bonds is 10. The van der Waals surface area contributed by atoms with E-state index >= 15 is 0 Å². The zero-order chi connectivity index (χ0) is 16.1. The van der Waals surface area contributed by atoms with Gasteiger partial charge in [-0.15, -0.1) is 5.73 Å². The minimum absolute atomic E-state index is 1.22. The summed E-state index contributed by atoms with van der Waals surface area (Å²) in [6, 6.07) is 0. The Morgan fingerprint density at radius 1 is 0.864 bits per heavy atom. The highest BCUT2D eigenvalue weighted by Crippen LogP contribution is 2.09. The molecule has 0 heteroatoms. The maximum absolute atomic E-state index is 3.65. The molecule has 0 saturated carbocycles. The van der Waals surface area contributed by atoms with Crippen molar-refractivity contribution in [2.24, 2.45) is 0 Å². The average Bonchev–Trinajstić information content (AvgIpc) is 2.49. The fraction of sp³-hybridized carbons (Fsp3) is 0.682. The molecular weight excluding hydrogens is 264 g/mol. The van der Waals surface area contributed by atoms with Crippen LogP contribution in [0.1, 0.15) is 96.8 Å². The van der Waals surface area contributed by atoms with Gasteiger partial charge in [0.15, 0.2) is 0 Å². The summed E-state index contributed by atoms with van der Waals surface area (Å²) >= 11 is 0. The molecule has 0 spiro atoms. The van der Waals surface area contributed by atoms with Gasteiger partial charge in [0.2, 0.25) is 0 Å². The van der Waals surface area contributed by atoms with Crippen LogP contribution in [0.2, 0.25) is 0 Å². The molecule has 0 N–H and O–H groups in total. The Morgan fingerprint density at radius 3 is 2.05 bits per heavy atom. The van der Waals surface area contributed by atoms with Gasteiger partial charge in [-0.2, -0.15) is 0 Å². The fourth-order valence-electron chi connectivity index (χ4n) is 2.51. The largest absolute Gasteiger partial charge is 0.130 e. The highest BCUT2D eigenvalue weighted by Gasteiger charge is 1.90. The first-order valence-corrected chi connectivity index (χ1v) is 9.58. The molecule has 0 atom stereocenters.